The number of nitrogens with zero attached hydrogens (tertiary/aromatic N) is 3. The molecule has 1 aliphatic rings. The summed E-state index contributed by atoms with van der Waals surface area (Å²) in [6.07, 6.45) is 4.19. The van der Waals surface area contributed by atoms with Crippen LogP contribution in [0.4, 0.5) is 5.69 Å². The minimum atomic E-state index is -0.0921. The number of piperazine rings is 1. The van der Waals surface area contributed by atoms with E-state index in [-0.39, 0.29) is 5.91 Å². The van der Waals surface area contributed by atoms with E-state index in [0.717, 1.165) is 43.9 Å². The SMILES string of the molecule is CN1CCN(c2cncc(C(=O)NCCc3cccc(Cl)c3)c2)CC1. The molecule has 6 heteroatoms. The van der Waals surface area contributed by atoms with Crippen molar-refractivity contribution in [1.29, 1.82) is 0 Å². The zero-order chi connectivity index (χ0) is 17.6. The normalized spacial score (nSPS) is 15.2. The summed E-state index contributed by atoms with van der Waals surface area (Å²) in [4.78, 5) is 21.2. The van der Waals surface area contributed by atoms with Gasteiger partial charge in [-0.1, -0.05) is 23.7 Å². The average Bonchev–Trinajstić information content (AvgIpc) is 2.62. The monoisotopic (exact) mass is 358 g/mol. The predicted octanol–water partition coefficient (Wildman–Crippen LogP) is 2.46. The van der Waals surface area contributed by atoms with Crippen LogP contribution < -0.4 is 10.2 Å². The molecule has 0 atom stereocenters. The fourth-order valence-corrected chi connectivity index (χ4v) is 3.12. The first-order valence-electron chi connectivity index (χ1n) is 8.53. The van der Waals surface area contributed by atoms with Crippen molar-refractivity contribution in [3.63, 3.8) is 0 Å². The van der Waals surface area contributed by atoms with Gasteiger partial charge in [-0.25, -0.2) is 0 Å². The molecule has 3 rings (SSSR count). The van der Waals surface area contributed by atoms with E-state index in [2.05, 4.69) is 27.1 Å². The Bertz CT molecular complexity index is 729. The summed E-state index contributed by atoms with van der Waals surface area (Å²) in [5.41, 5.74) is 2.72. The molecule has 1 aliphatic heterocycles. The lowest BCUT2D eigenvalue weighted by molar-refractivity contribution is 0.0954. The van der Waals surface area contributed by atoms with E-state index in [4.69, 9.17) is 11.6 Å². The molecule has 0 spiro atoms. The van der Waals surface area contributed by atoms with Crippen LogP contribution in [-0.2, 0) is 6.42 Å². The van der Waals surface area contributed by atoms with Gasteiger partial charge in [-0.05, 0) is 37.2 Å². The van der Waals surface area contributed by atoms with Gasteiger partial charge in [0, 0.05) is 43.9 Å². The molecule has 0 bridgehead atoms. The van der Waals surface area contributed by atoms with Crippen LogP contribution in [0.3, 0.4) is 0 Å². The molecule has 1 fully saturated rings. The number of likely N-dealkylation sites (N-methyl/N-ethyl adjacent to an activating group) is 1. The molecule has 25 heavy (non-hydrogen) atoms. The fourth-order valence-electron chi connectivity index (χ4n) is 2.90. The van der Waals surface area contributed by atoms with Crippen LogP contribution in [0.1, 0.15) is 15.9 Å². The molecule has 2 heterocycles. The Morgan fingerprint density at radius 2 is 2.00 bits per heavy atom. The van der Waals surface area contributed by atoms with Gasteiger partial charge in [0.2, 0.25) is 0 Å². The lowest BCUT2D eigenvalue weighted by Crippen LogP contribution is -2.44. The molecule has 0 aliphatic carbocycles. The van der Waals surface area contributed by atoms with Gasteiger partial charge in [0.1, 0.15) is 0 Å². The summed E-state index contributed by atoms with van der Waals surface area (Å²) in [7, 11) is 2.12. The molecule has 1 aromatic heterocycles. The number of halogens is 1. The highest BCUT2D eigenvalue weighted by Crippen LogP contribution is 2.16. The molecule has 1 amide bonds. The van der Waals surface area contributed by atoms with Gasteiger partial charge in [0.25, 0.3) is 5.91 Å². The van der Waals surface area contributed by atoms with E-state index in [1.165, 1.54) is 0 Å². The maximum atomic E-state index is 12.4. The molecule has 1 N–H and O–H groups in total. The van der Waals surface area contributed by atoms with Crippen molar-refractivity contribution in [2.45, 2.75) is 6.42 Å². The zero-order valence-electron chi connectivity index (χ0n) is 14.4. The number of carbonyl (C=O) groups is 1. The number of nitrogens with one attached hydrogen (secondary N) is 1. The number of carbonyl (C=O) groups excluding carboxylic acids is 1. The van der Waals surface area contributed by atoms with Gasteiger partial charge < -0.3 is 15.1 Å². The number of benzene rings is 1. The first kappa shape index (κ1) is 17.7. The van der Waals surface area contributed by atoms with E-state index < -0.39 is 0 Å². The summed E-state index contributed by atoms with van der Waals surface area (Å²) in [5.74, 6) is -0.0921. The Morgan fingerprint density at radius 1 is 1.20 bits per heavy atom. The quantitative estimate of drug-likeness (QED) is 0.892. The van der Waals surface area contributed by atoms with E-state index >= 15 is 0 Å². The number of pyridine rings is 1. The predicted molar refractivity (Wildman–Crippen MR) is 101 cm³/mol. The Labute approximate surface area is 153 Å². The molecule has 0 radical (unpaired) electrons. The number of rotatable bonds is 5. The van der Waals surface area contributed by atoms with Gasteiger partial charge in [0.05, 0.1) is 17.4 Å². The van der Waals surface area contributed by atoms with Crippen molar-refractivity contribution in [1.82, 2.24) is 15.2 Å². The van der Waals surface area contributed by atoms with E-state index in [1.54, 1.807) is 6.20 Å². The molecule has 2 aromatic rings. The Kier molecular flexibility index (Phi) is 5.89. The highest BCUT2D eigenvalue weighted by atomic mass is 35.5. The maximum Gasteiger partial charge on any atom is 0.252 e. The minimum absolute atomic E-state index is 0.0921. The Morgan fingerprint density at radius 3 is 2.76 bits per heavy atom. The van der Waals surface area contributed by atoms with Crippen LogP contribution in [0.25, 0.3) is 0 Å². The van der Waals surface area contributed by atoms with Crippen LogP contribution in [0, 0.1) is 0 Å². The summed E-state index contributed by atoms with van der Waals surface area (Å²) in [6.45, 7) is 4.53. The first-order valence-corrected chi connectivity index (χ1v) is 8.91. The summed E-state index contributed by atoms with van der Waals surface area (Å²) < 4.78 is 0. The number of aromatic nitrogens is 1. The van der Waals surface area contributed by atoms with Crippen LogP contribution in [-0.4, -0.2) is 55.6 Å². The standard InChI is InChI=1S/C19H23ClN4O/c1-23-7-9-24(10-8-23)18-12-16(13-21-14-18)19(25)22-6-5-15-3-2-4-17(20)11-15/h2-4,11-14H,5-10H2,1H3,(H,22,25). The topological polar surface area (TPSA) is 48.5 Å². The van der Waals surface area contributed by atoms with Gasteiger partial charge in [-0.3, -0.25) is 9.78 Å². The minimum Gasteiger partial charge on any atom is -0.368 e. The highest BCUT2D eigenvalue weighted by Gasteiger charge is 2.16. The third-order valence-electron chi connectivity index (χ3n) is 4.44. The Hall–Kier alpha value is -2.11. The van der Waals surface area contributed by atoms with Crippen molar-refractivity contribution in [2.24, 2.45) is 0 Å². The van der Waals surface area contributed by atoms with Crippen molar-refractivity contribution in [3.8, 4) is 0 Å². The smallest absolute Gasteiger partial charge is 0.252 e. The van der Waals surface area contributed by atoms with Crippen molar-refractivity contribution in [2.75, 3.05) is 44.7 Å². The largest absolute Gasteiger partial charge is 0.368 e. The van der Waals surface area contributed by atoms with Gasteiger partial charge in [0.15, 0.2) is 0 Å². The lowest BCUT2D eigenvalue weighted by Gasteiger charge is -2.33. The molecule has 1 saturated heterocycles. The third-order valence-corrected chi connectivity index (χ3v) is 4.68. The summed E-state index contributed by atoms with van der Waals surface area (Å²) >= 11 is 5.98. The molecule has 132 valence electrons. The first-order chi connectivity index (χ1) is 12.1. The van der Waals surface area contributed by atoms with Crippen molar-refractivity contribution >= 4 is 23.2 Å². The number of anilines is 1. The summed E-state index contributed by atoms with van der Waals surface area (Å²) in [6, 6.07) is 9.62. The number of hydrogen-bond donors (Lipinski definition) is 1. The van der Waals surface area contributed by atoms with Crippen molar-refractivity contribution < 1.29 is 4.79 Å². The molecular formula is C19H23ClN4O. The second-order valence-corrected chi connectivity index (χ2v) is 6.79. The van der Waals surface area contributed by atoms with Crippen molar-refractivity contribution in [3.05, 3.63) is 58.9 Å². The van der Waals surface area contributed by atoms with Crippen LogP contribution in [0.15, 0.2) is 42.7 Å². The second-order valence-electron chi connectivity index (χ2n) is 6.36. The van der Waals surface area contributed by atoms with E-state index in [9.17, 15) is 4.79 Å². The Balaban J connectivity index is 1.56. The zero-order valence-corrected chi connectivity index (χ0v) is 15.2. The van der Waals surface area contributed by atoms with Gasteiger partial charge >= 0.3 is 0 Å². The average molecular weight is 359 g/mol. The fraction of sp³-hybridized carbons (Fsp3) is 0.368. The van der Waals surface area contributed by atoms with Crippen LogP contribution >= 0.6 is 11.6 Å². The van der Waals surface area contributed by atoms with Gasteiger partial charge in [-0.2, -0.15) is 0 Å². The van der Waals surface area contributed by atoms with E-state index in [1.807, 2.05) is 36.5 Å². The lowest BCUT2D eigenvalue weighted by atomic mass is 10.1. The second kappa shape index (κ2) is 8.32. The van der Waals surface area contributed by atoms with Gasteiger partial charge in [-0.15, -0.1) is 0 Å². The van der Waals surface area contributed by atoms with E-state index in [0.29, 0.717) is 17.1 Å². The maximum absolute atomic E-state index is 12.4. The van der Waals surface area contributed by atoms with Crippen LogP contribution in [0.5, 0.6) is 0 Å². The summed E-state index contributed by atoms with van der Waals surface area (Å²) in [5, 5.41) is 3.67. The molecule has 1 aromatic carbocycles. The number of hydrogen-bond acceptors (Lipinski definition) is 4. The third kappa shape index (κ3) is 4.94. The molecular weight excluding hydrogens is 336 g/mol. The molecule has 0 unspecified atom stereocenters. The van der Waals surface area contributed by atoms with Crippen LogP contribution in [0.2, 0.25) is 5.02 Å². The number of amides is 1. The highest BCUT2D eigenvalue weighted by molar-refractivity contribution is 6.30. The molecule has 5 nitrogen and oxygen atoms in total. The molecule has 0 saturated carbocycles.